The number of rotatable bonds is 15. The third-order valence-corrected chi connectivity index (χ3v) is 12.1. The van der Waals surface area contributed by atoms with Crippen LogP contribution < -0.4 is 11.3 Å². The fourth-order valence-electron chi connectivity index (χ4n) is 5.62. The lowest BCUT2D eigenvalue weighted by molar-refractivity contribution is -0.199. The summed E-state index contributed by atoms with van der Waals surface area (Å²) in [7, 11) is -9.38. The van der Waals surface area contributed by atoms with Gasteiger partial charge in [0.25, 0.3) is 5.56 Å². The molecule has 4 rings (SSSR count). The van der Waals surface area contributed by atoms with E-state index in [4.69, 9.17) is 34.3 Å². The largest absolute Gasteiger partial charge is 0.369 e. The van der Waals surface area contributed by atoms with Gasteiger partial charge < -0.3 is 53.8 Å². The van der Waals surface area contributed by atoms with Crippen molar-refractivity contribution >= 4 is 32.3 Å². The van der Waals surface area contributed by atoms with Crippen LogP contribution in [0.5, 0.6) is 0 Å². The molecule has 2 aromatic rings. The highest BCUT2D eigenvalue weighted by atomic mass is 31.2. The van der Waals surface area contributed by atoms with Gasteiger partial charge in [0.05, 0.1) is 12.9 Å². The number of nitrogens with one attached hydrogen (secondary N) is 1. The van der Waals surface area contributed by atoms with Gasteiger partial charge in [-0.25, -0.2) is 4.98 Å². The number of nitrogen functional groups attached to an aromatic ring is 1. The Hall–Kier alpha value is -1.79. The van der Waals surface area contributed by atoms with E-state index in [1.54, 1.807) is 13.8 Å². The summed E-state index contributed by atoms with van der Waals surface area (Å²) in [6, 6.07) is 0. The summed E-state index contributed by atoms with van der Waals surface area (Å²) in [6.45, 7) is 33.2. The lowest BCUT2D eigenvalue weighted by Gasteiger charge is -2.25. The fraction of sp³-hybridized carbons (Fsp3) is 0.844. The molecule has 2 saturated heterocycles. The molecule has 6 N–H and O–H groups in total. The molecule has 304 valence electrons. The number of ether oxygens (including phenoxy) is 3. The van der Waals surface area contributed by atoms with E-state index < -0.39 is 63.6 Å². The molecular formula is C32H66N8O10P2. The maximum atomic E-state index is 12.1. The van der Waals surface area contributed by atoms with E-state index in [9.17, 15) is 18.8 Å². The Labute approximate surface area is 309 Å². The standard InChI is InChI=1S/C14H21N5O10P2.3C6H15N/c1-14(2)28-8-6(3-26-31(24,25)5-30(21,22)23)27-12(9(8)29-14)19-4-16-7-10(19)17-13(15)18-11(7)20;3*1-4-7(5-2)6-3/h4,6,8-9,12H,3,5H2,1-2H3,(H,24,25)(H2,21,22,23)(H3,15,17,18,20);3*4-6H2,1-3H3/t6-,8-,9-,12-;;;/m1.../s1. The highest BCUT2D eigenvalue weighted by Gasteiger charge is 2.56. The molecule has 5 atom stereocenters. The second-order valence-corrected chi connectivity index (χ2v) is 16.5. The van der Waals surface area contributed by atoms with Crippen LogP contribution in [0.4, 0.5) is 5.95 Å². The van der Waals surface area contributed by atoms with E-state index in [1.807, 2.05) is 0 Å². The molecule has 52 heavy (non-hydrogen) atoms. The quantitative estimate of drug-likeness (QED) is 0.163. The third kappa shape index (κ3) is 15.5. The van der Waals surface area contributed by atoms with Crippen LogP contribution in [0, 0.1) is 0 Å². The topological polar surface area (TPSA) is 231 Å². The Morgan fingerprint density at radius 1 is 0.846 bits per heavy atom. The molecule has 4 heterocycles. The molecular weight excluding hydrogens is 718 g/mol. The molecule has 2 fully saturated rings. The minimum atomic E-state index is -4.78. The van der Waals surface area contributed by atoms with E-state index in [1.165, 1.54) is 69.8 Å². The van der Waals surface area contributed by atoms with Crippen molar-refractivity contribution in [2.45, 2.75) is 106 Å². The molecule has 0 amide bonds. The van der Waals surface area contributed by atoms with Crippen LogP contribution in [-0.4, -0.2) is 144 Å². The van der Waals surface area contributed by atoms with Crippen molar-refractivity contribution < 1.29 is 42.5 Å². The molecule has 18 nitrogen and oxygen atoms in total. The molecule has 0 saturated carbocycles. The Kier molecular flexibility index (Phi) is 20.9. The minimum Gasteiger partial charge on any atom is -0.369 e. The van der Waals surface area contributed by atoms with E-state index in [0.717, 1.165) is 0 Å². The normalized spacial score (nSPS) is 21.9. The summed E-state index contributed by atoms with van der Waals surface area (Å²) in [6.07, 6.45) is -2.02. The van der Waals surface area contributed by atoms with Gasteiger partial charge in [-0.3, -0.25) is 23.5 Å². The van der Waals surface area contributed by atoms with Crippen LogP contribution in [0.15, 0.2) is 11.1 Å². The van der Waals surface area contributed by atoms with Crippen LogP contribution in [-0.2, 0) is 27.9 Å². The zero-order valence-electron chi connectivity index (χ0n) is 33.0. The second kappa shape index (κ2) is 22.6. The average molecular weight is 785 g/mol. The third-order valence-electron chi connectivity index (χ3n) is 8.68. The van der Waals surface area contributed by atoms with E-state index in [2.05, 4.69) is 92.0 Å². The number of aromatic amines is 1. The second-order valence-electron chi connectivity index (χ2n) is 12.5. The van der Waals surface area contributed by atoms with Gasteiger partial charge in [0.2, 0.25) is 5.95 Å². The van der Waals surface area contributed by atoms with Crippen LogP contribution in [0.1, 0.15) is 82.4 Å². The van der Waals surface area contributed by atoms with E-state index >= 15 is 0 Å². The van der Waals surface area contributed by atoms with Crippen LogP contribution in [0.2, 0.25) is 0 Å². The molecule has 2 aliphatic rings. The van der Waals surface area contributed by atoms with Gasteiger partial charge in [-0.15, -0.1) is 0 Å². The molecule has 2 aromatic heterocycles. The lowest BCUT2D eigenvalue weighted by Crippen LogP contribution is -2.32. The number of hydrogen-bond acceptors (Lipinski definition) is 13. The van der Waals surface area contributed by atoms with Gasteiger partial charge in [0.15, 0.2) is 29.1 Å². The lowest BCUT2D eigenvalue weighted by atomic mass is 10.1. The number of fused-ring (bicyclic) bond motifs is 2. The zero-order valence-corrected chi connectivity index (χ0v) is 34.8. The molecule has 0 radical (unpaired) electrons. The van der Waals surface area contributed by atoms with Gasteiger partial charge in [0.1, 0.15) is 18.3 Å². The van der Waals surface area contributed by atoms with Crippen molar-refractivity contribution in [3.63, 3.8) is 0 Å². The number of imidazole rings is 1. The van der Waals surface area contributed by atoms with Crippen molar-refractivity contribution in [3.8, 4) is 0 Å². The summed E-state index contributed by atoms with van der Waals surface area (Å²) < 4.78 is 47.0. The summed E-state index contributed by atoms with van der Waals surface area (Å²) >= 11 is 0. The predicted octanol–water partition coefficient (Wildman–Crippen LogP) is 3.50. The number of hydrogen-bond donors (Lipinski definition) is 5. The van der Waals surface area contributed by atoms with Gasteiger partial charge in [0, 0.05) is 0 Å². The number of H-pyrrole nitrogens is 1. The highest BCUT2D eigenvalue weighted by molar-refractivity contribution is 7.70. The SMILES string of the molecule is CC1(C)O[C@@H]2[C@H](O1)[C@@H](COP(=O)(O)CP(=O)(O)O)O[C@H]2n1cnc2c(=O)[nH]c(N)nc21.CCN(CC)CC.CCN(CC)CC.CCN(CC)CC. The summed E-state index contributed by atoms with van der Waals surface area (Å²) in [4.78, 5) is 57.3. The number of anilines is 1. The van der Waals surface area contributed by atoms with Crippen molar-refractivity contribution in [1.29, 1.82) is 0 Å². The zero-order chi connectivity index (χ0) is 39.9. The predicted molar refractivity (Wildman–Crippen MR) is 203 cm³/mol. The maximum Gasteiger partial charge on any atom is 0.340 e. The first-order valence-corrected chi connectivity index (χ1v) is 21.8. The average Bonchev–Trinajstić information content (AvgIpc) is 3.73. The first kappa shape index (κ1) is 48.2. The highest BCUT2D eigenvalue weighted by Crippen LogP contribution is 2.56. The van der Waals surface area contributed by atoms with Crippen LogP contribution in [0.3, 0.4) is 0 Å². The molecule has 2 aliphatic heterocycles. The fourth-order valence-corrected chi connectivity index (χ4v) is 8.19. The van der Waals surface area contributed by atoms with Crippen LogP contribution in [0.25, 0.3) is 11.2 Å². The summed E-state index contributed by atoms with van der Waals surface area (Å²) in [5.41, 5.74) is 5.24. The Bertz CT molecular complexity index is 1420. The number of aromatic nitrogens is 4. The maximum absolute atomic E-state index is 12.1. The van der Waals surface area contributed by atoms with Crippen molar-refractivity contribution in [2.75, 3.05) is 77.1 Å². The van der Waals surface area contributed by atoms with Gasteiger partial charge in [-0.2, -0.15) is 4.98 Å². The molecule has 0 spiro atoms. The first-order valence-electron chi connectivity index (χ1n) is 18.2. The molecule has 0 bridgehead atoms. The van der Waals surface area contributed by atoms with Gasteiger partial charge >= 0.3 is 15.2 Å². The van der Waals surface area contributed by atoms with Crippen molar-refractivity contribution in [3.05, 3.63) is 16.7 Å². The molecule has 0 aliphatic carbocycles. The minimum absolute atomic E-state index is 0.0220. The number of nitrogens with two attached hydrogens (primary N) is 1. The smallest absolute Gasteiger partial charge is 0.340 e. The Morgan fingerprint density at radius 3 is 1.69 bits per heavy atom. The Balaban J connectivity index is 0.000000525. The van der Waals surface area contributed by atoms with E-state index in [-0.39, 0.29) is 17.1 Å². The van der Waals surface area contributed by atoms with Crippen molar-refractivity contribution in [2.24, 2.45) is 0 Å². The summed E-state index contributed by atoms with van der Waals surface area (Å²) in [5, 5.41) is 0. The number of nitrogens with zero attached hydrogens (tertiary/aromatic N) is 6. The molecule has 1 unspecified atom stereocenters. The van der Waals surface area contributed by atoms with Crippen molar-refractivity contribution in [1.82, 2.24) is 34.2 Å². The van der Waals surface area contributed by atoms with Crippen LogP contribution >= 0.6 is 15.2 Å². The monoisotopic (exact) mass is 784 g/mol. The Morgan fingerprint density at radius 2 is 1.29 bits per heavy atom. The summed E-state index contributed by atoms with van der Waals surface area (Å²) in [5.74, 6) is -2.48. The first-order chi connectivity index (χ1) is 24.3. The molecule has 0 aromatic carbocycles. The molecule has 20 heteroatoms. The van der Waals surface area contributed by atoms with E-state index in [0.29, 0.717) is 0 Å². The van der Waals surface area contributed by atoms with Gasteiger partial charge in [-0.1, -0.05) is 62.3 Å². The van der Waals surface area contributed by atoms with Gasteiger partial charge in [-0.05, 0) is 72.8 Å².